The van der Waals surface area contributed by atoms with Crippen molar-refractivity contribution >= 4 is 11.9 Å². The number of amides is 1. The van der Waals surface area contributed by atoms with E-state index < -0.39 is 0 Å². The first-order valence-corrected chi connectivity index (χ1v) is 12.0. The predicted molar refractivity (Wildman–Crippen MR) is 125 cm³/mol. The molecule has 3 aromatic rings. The van der Waals surface area contributed by atoms with Gasteiger partial charge in [-0.05, 0) is 79.5 Å². The summed E-state index contributed by atoms with van der Waals surface area (Å²) < 4.78 is 7.60. The summed E-state index contributed by atoms with van der Waals surface area (Å²) in [5, 5.41) is 11.1. The van der Waals surface area contributed by atoms with Crippen molar-refractivity contribution in [3.63, 3.8) is 0 Å². The first-order chi connectivity index (χ1) is 16.2. The summed E-state index contributed by atoms with van der Waals surface area (Å²) in [7, 11) is 0. The van der Waals surface area contributed by atoms with Crippen LogP contribution in [-0.2, 0) is 6.54 Å². The fourth-order valence-corrected chi connectivity index (χ4v) is 6.45. The van der Waals surface area contributed by atoms with E-state index >= 15 is 0 Å². The second-order valence-corrected chi connectivity index (χ2v) is 9.81. The van der Waals surface area contributed by atoms with Gasteiger partial charge in [0.05, 0.1) is 11.9 Å². The van der Waals surface area contributed by atoms with Gasteiger partial charge in [-0.1, -0.05) is 24.3 Å². The monoisotopic (exact) mass is 443 g/mol. The molecule has 0 radical (unpaired) electrons. The molecule has 4 bridgehead atoms. The van der Waals surface area contributed by atoms with E-state index in [1.54, 1.807) is 17.1 Å². The number of hydrogen-bond donors (Lipinski definition) is 2. The maximum atomic E-state index is 13.0. The Morgan fingerprint density at radius 2 is 1.73 bits per heavy atom. The van der Waals surface area contributed by atoms with E-state index in [-0.39, 0.29) is 12.1 Å². The summed E-state index contributed by atoms with van der Waals surface area (Å²) in [5.41, 5.74) is 1.92. The van der Waals surface area contributed by atoms with Gasteiger partial charge in [0.2, 0.25) is 0 Å². The summed E-state index contributed by atoms with van der Waals surface area (Å²) >= 11 is 0. The zero-order valence-electron chi connectivity index (χ0n) is 18.6. The van der Waals surface area contributed by atoms with Crippen molar-refractivity contribution in [2.45, 2.75) is 44.7 Å². The minimum Gasteiger partial charge on any atom is -0.405 e. The number of benzene rings is 1. The van der Waals surface area contributed by atoms with E-state index in [0.29, 0.717) is 29.9 Å². The Hall–Kier alpha value is -3.35. The topological polar surface area (TPSA) is 81.1 Å². The number of carbonyl (C=O) groups is 1. The summed E-state index contributed by atoms with van der Waals surface area (Å²) in [6, 6.07) is 14.0. The molecular formula is C26H29N5O2. The van der Waals surface area contributed by atoms with Gasteiger partial charge in [-0.3, -0.25) is 4.98 Å². The van der Waals surface area contributed by atoms with Crippen molar-refractivity contribution in [2.75, 3.05) is 5.32 Å². The van der Waals surface area contributed by atoms with Gasteiger partial charge in [0, 0.05) is 25.0 Å². The molecule has 0 atom stereocenters. The molecule has 1 amide bonds. The third kappa shape index (κ3) is 4.08. The van der Waals surface area contributed by atoms with Gasteiger partial charge in [0.15, 0.2) is 11.6 Å². The molecule has 1 aromatic carbocycles. The Bertz CT molecular complexity index is 1090. The first kappa shape index (κ1) is 20.3. The molecule has 170 valence electrons. The molecule has 4 fully saturated rings. The second-order valence-electron chi connectivity index (χ2n) is 9.81. The number of aromatic nitrogens is 3. The average molecular weight is 444 g/mol. The zero-order chi connectivity index (χ0) is 22.2. The van der Waals surface area contributed by atoms with Crippen LogP contribution in [0, 0.1) is 23.7 Å². The SMILES string of the molecule is O=C(NC1C2CC3CC(C2)CC1C3)Oc1cnn(-c2ccccc2)c1NCc1cccnc1. The van der Waals surface area contributed by atoms with E-state index in [1.165, 1.54) is 32.1 Å². The number of hydrogen-bond acceptors (Lipinski definition) is 5. The minimum absolute atomic E-state index is 0.237. The normalized spacial score (nSPS) is 27.3. The second kappa shape index (κ2) is 8.54. The molecule has 0 unspecified atom stereocenters. The van der Waals surface area contributed by atoms with Crippen molar-refractivity contribution in [3.05, 3.63) is 66.6 Å². The number of anilines is 1. The molecule has 2 N–H and O–H groups in total. The molecule has 4 aliphatic rings. The van der Waals surface area contributed by atoms with Crippen LogP contribution in [0.15, 0.2) is 61.1 Å². The number of carbonyl (C=O) groups excluding carboxylic acids is 1. The number of pyridine rings is 1. The van der Waals surface area contributed by atoms with Crippen molar-refractivity contribution in [3.8, 4) is 11.4 Å². The largest absolute Gasteiger partial charge is 0.413 e. The maximum Gasteiger partial charge on any atom is 0.413 e. The maximum absolute atomic E-state index is 13.0. The Kier molecular flexibility index (Phi) is 5.24. The Balaban J connectivity index is 1.20. The van der Waals surface area contributed by atoms with Crippen LogP contribution in [-0.4, -0.2) is 26.9 Å². The molecule has 4 aliphatic carbocycles. The summed E-state index contributed by atoms with van der Waals surface area (Å²) in [6.07, 6.45) is 11.2. The van der Waals surface area contributed by atoms with E-state index in [9.17, 15) is 4.79 Å². The molecule has 2 aromatic heterocycles. The van der Waals surface area contributed by atoms with Crippen LogP contribution in [0.2, 0.25) is 0 Å². The number of nitrogens with zero attached hydrogens (tertiary/aromatic N) is 3. The van der Waals surface area contributed by atoms with E-state index in [2.05, 4.69) is 20.7 Å². The van der Waals surface area contributed by atoms with Crippen LogP contribution >= 0.6 is 0 Å². The van der Waals surface area contributed by atoms with Crippen LogP contribution in [0.4, 0.5) is 10.6 Å². The lowest BCUT2D eigenvalue weighted by atomic mass is 9.54. The van der Waals surface area contributed by atoms with Crippen LogP contribution in [0.25, 0.3) is 5.69 Å². The standard InChI is InChI=1S/C26H29N5O2/c32-26(30-24-20-10-18-9-19(12-20)13-21(24)11-18)33-23-16-29-31(22-6-2-1-3-7-22)25(23)28-15-17-5-4-8-27-14-17/h1-8,14,16,18-21,24,28H,9-13,15H2,(H,30,32). The highest BCUT2D eigenvalue weighted by atomic mass is 16.6. The molecule has 7 heteroatoms. The number of ether oxygens (including phenoxy) is 1. The van der Waals surface area contributed by atoms with Crippen LogP contribution in [0.5, 0.6) is 5.75 Å². The highest BCUT2D eigenvalue weighted by molar-refractivity contribution is 5.73. The molecule has 4 saturated carbocycles. The molecule has 0 saturated heterocycles. The summed E-state index contributed by atoms with van der Waals surface area (Å²) in [5.74, 6) is 4.00. The lowest BCUT2D eigenvalue weighted by Crippen LogP contribution is -2.56. The molecule has 2 heterocycles. The Labute approximate surface area is 193 Å². The smallest absolute Gasteiger partial charge is 0.405 e. The average Bonchev–Trinajstić information content (AvgIpc) is 3.23. The molecule has 0 aliphatic heterocycles. The van der Waals surface area contributed by atoms with Crippen LogP contribution in [0.3, 0.4) is 0 Å². The van der Waals surface area contributed by atoms with E-state index in [4.69, 9.17) is 4.74 Å². The summed E-state index contributed by atoms with van der Waals surface area (Å²) in [6.45, 7) is 0.542. The first-order valence-electron chi connectivity index (χ1n) is 12.0. The van der Waals surface area contributed by atoms with Gasteiger partial charge in [0.25, 0.3) is 0 Å². The zero-order valence-corrected chi connectivity index (χ0v) is 18.6. The molecule has 7 rings (SSSR count). The lowest BCUT2D eigenvalue weighted by molar-refractivity contribution is -0.0114. The van der Waals surface area contributed by atoms with Gasteiger partial charge in [-0.15, -0.1) is 0 Å². The highest BCUT2D eigenvalue weighted by Gasteiger charge is 2.48. The van der Waals surface area contributed by atoms with Crippen molar-refractivity contribution in [1.29, 1.82) is 0 Å². The van der Waals surface area contributed by atoms with Gasteiger partial charge in [-0.25, -0.2) is 9.48 Å². The quantitative estimate of drug-likeness (QED) is 0.572. The molecule has 0 spiro atoms. The molecule has 7 nitrogen and oxygen atoms in total. The Morgan fingerprint density at radius 3 is 2.42 bits per heavy atom. The van der Waals surface area contributed by atoms with E-state index in [0.717, 1.165) is 23.1 Å². The van der Waals surface area contributed by atoms with Crippen molar-refractivity contribution in [1.82, 2.24) is 20.1 Å². The number of para-hydroxylation sites is 1. The van der Waals surface area contributed by atoms with Crippen molar-refractivity contribution < 1.29 is 9.53 Å². The third-order valence-corrected chi connectivity index (χ3v) is 7.63. The number of nitrogens with one attached hydrogen (secondary N) is 2. The van der Waals surface area contributed by atoms with Gasteiger partial charge >= 0.3 is 6.09 Å². The van der Waals surface area contributed by atoms with Gasteiger partial charge in [-0.2, -0.15) is 5.10 Å². The highest BCUT2D eigenvalue weighted by Crippen LogP contribution is 2.53. The van der Waals surface area contributed by atoms with Crippen LogP contribution in [0.1, 0.15) is 37.7 Å². The lowest BCUT2D eigenvalue weighted by Gasteiger charge is -2.54. The fourth-order valence-electron chi connectivity index (χ4n) is 6.45. The fraction of sp³-hybridized carbons (Fsp3) is 0.423. The van der Waals surface area contributed by atoms with Gasteiger partial charge < -0.3 is 15.4 Å². The predicted octanol–water partition coefficient (Wildman–Crippen LogP) is 4.79. The third-order valence-electron chi connectivity index (χ3n) is 7.63. The van der Waals surface area contributed by atoms with E-state index in [1.807, 2.05) is 48.7 Å². The molecule has 33 heavy (non-hydrogen) atoms. The van der Waals surface area contributed by atoms with Crippen LogP contribution < -0.4 is 15.4 Å². The number of rotatable bonds is 6. The van der Waals surface area contributed by atoms with Gasteiger partial charge in [0.1, 0.15) is 0 Å². The Morgan fingerprint density at radius 1 is 0.970 bits per heavy atom. The van der Waals surface area contributed by atoms with Crippen molar-refractivity contribution in [2.24, 2.45) is 23.7 Å². The summed E-state index contributed by atoms with van der Waals surface area (Å²) in [4.78, 5) is 17.1. The molecular weight excluding hydrogens is 414 g/mol. The minimum atomic E-state index is -0.385.